The molecule has 5 nitrogen and oxygen atoms in total. The Kier molecular flexibility index (Phi) is 5.58. The molecule has 1 fully saturated rings. The maximum atomic E-state index is 5.98. The molecule has 1 saturated heterocycles. The summed E-state index contributed by atoms with van der Waals surface area (Å²) in [5.41, 5.74) is 1.07. The summed E-state index contributed by atoms with van der Waals surface area (Å²) in [6, 6.07) is 7.88. The molecule has 1 aromatic heterocycles. The van der Waals surface area contributed by atoms with Crippen LogP contribution in [0.1, 0.15) is 23.3 Å². The molecule has 0 radical (unpaired) electrons. The Morgan fingerprint density at radius 3 is 3.10 bits per heavy atom. The lowest BCUT2D eigenvalue weighted by atomic mass is 10.1. The van der Waals surface area contributed by atoms with Gasteiger partial charge in [-0.1, -0.05) is 28.9 Å². The van der Waals surface area contributed by atoms with Crippen molar-refractivity contribution in [2.45, 2.75) is 12.5 Å². The summed E-state index contributed by atoms with van der Waals surface area (Å²) in [7, 11) is 2.08. The van der Waals surface area contributed by atoms with E-state index < -0.39 is 0 Å². The summed E-state index contributed by atoms with van der Waals surface area (Å²) >= 11 is 5.98. The van der Waals surface area contributed by atoms with E-state index in [4.69, 9.17) is 16.1 Å². The van der Waals surface area contributed by atoms with Gasteiger partial charge >= 0.3 is 0 Å². The van der Waals surface area contributed by atoms with E-state index >= 15 is 0 Å². The maximum Gasteiger partial charge on any atom is 0.231 e. The molecule has 0 aliphatic carbocycles. The topological polar surface area (TPSA) is 54.2 Å². The van der Waals surface area contributed by atoms with Crippen LogP contribution in [0.2, 0.25) is 5.02 Å². The molecule has 1 aliphatic heterocycles. The molecule has 0 bridgehead atoms. The lowest BCUT2D eigenvalue weighted by molar-refractivity contribution is 0.190. The summed E-state index contributed by atoms with van der Waals surface area (Å²) in [6.07, 6.45) is 0.609. The number of nitrogens with one attached hydrogen (secondary N) is 1. The van der Waals surface area contributed by atoms with Crippen molar-refractivity contribution in [2.24, 2.45) is 0 Å². The highest BCUT2D eigenvalue weighted by Crippen LogP contribution is 2.19. The Labute approximate surface area is 135 Å². The summed E-state index contributed by atoms with van der Waals surface area (Å²) in [4.78, 5) is 6.75. The van der Waals surface area contributed by atoms with E-state index in [9.17, 15) is 0 Å². The monoisotopic (exact) mass is 328 g/mol. The molecule has 0 spiro atoms. The summed E-state index contributed by atoms with van der Waals surface area (Å²) < 4.78 is 5.35. The molecule has 0 saturated carbocycles. The van der Waals surface area contributed by atoms with Gasteiger partial charge in [0.05, 0.1) is 12.5 Å². The Morgan fingerprint density at radius 1 is 1.48 bits per heavy atom. The first-order valence-corrected chi connectivity index (χ1v) is 7.08. The molecule has 2 heterocycles. The predicted molar refractivity (Wildman–Crippen MR) is 84.0 cm³/mol. The summed E-state index contributed by atoms with van der Waals surface area (Å²) in [5.74, 6) is 1.37. The van der Waals surface area contributed by atoms with Crippen molar-refractivity contribution in [3.8, 4) is 0 Å². The van der Waals surface area contributed by atoms with E-state index in [1.54, 1.807) is 0 Å². The Balaban J connectivity index is 0.00000161. The fraction of sp³-hybridized carbons (Fsp3) is 0.429. The Bertz CT molecular complexity index is 590. The van der Waals surface area contributed by atoms with Crippen molar-refractivity contribution in [3.63, 3.8) is 0 Å². The molecule has 114 valence electrons. The van der Waals surface area contributed by atoms with E-state index in [0.717, 1.165) is 36.0 Å². The molecule has 1 aromatic carbocycles. The van der Waals surface area contributed by atoms with Gasteiger partial charge in [-0.15, -0.1) is 12.4 Å². The quantitative estimate of drug-likeness (QED) is 0.937. The third kappa shape index (κ3) is 3.95. The molecule has 1 atom stereocenters. The number of benzene rings is 1. The van der Waals surface area contributed by atoms with Crippen molar-refractivity contribution >= 4 is 24.0 Å². The highest BCUT2D eigenvalue weighted by atomic mass is 35.5. The van der Waals surface area contributed by atoms with Gasteiger partial charge < -0.3 is 9.84 Å². The average Bonchev–Trinajstić information content (AvgIpc) is 2.87. The zero-order chi connectivity index (χ0) is 13.9. The van der Waals surface area contributed by atoms with E-state index in [2.05, 4.69) is 27.4 Å². The maximum absolute atomic E-state index is 5.98. The smallest absolute Gasteiger partial charge is 0.231 e. The molecule has 3 rings (SSSR count). The largest absolute Gasteiger partial charge is 0.339 e. The molecule has 1 aliphatic rings. The first-order valence-electron chi connectivity index (χ1n) is 6.70. The van der Waals surface area contributed by atoms with Gasteiger partial charge in [-0.2, -0.15) is 4.98 Å². The minimum Gasteiger partial charge on any atom is -0.339 e. The van der Waals surface area contributed by atoms with Gasteiger partial charge in [0.25, 0.3) is 0 Å². The van der Waals surface area contributed by atoms with E-state index in [-0.39, 0.29) is 18.4 Å². The molecular formula is C14H18Cl2N4O. The number of hydrogen-bond donors (Lipinski definition) is 1. The van der Waals surface area contributed by atoms with Gasteiger partial charge in [-0.3, -0.25) is 4.90 Å². The van der Waals surface area contributed by atoms with Gasteiger partial charge in [0.15, 0.2) is 5.82 Å². The third-order valence-corrected chi connectivity index (χ3v) is 3.77. The highest BCUT2D eigenvalue weighted by molar-refractivity contribution is 6.30. The van der Waals surface area contributed by atoms with Gasteiger partial charge in [0.1, 0.15) is 0 Å². The molecule has 21 heavy (non-hydrogen) atoms. The van der Waals surface area contributed by atoms with Crippen LogP contribution in [0.15, 0.2) is 28.8 Å². The van der Waals surface area contributed by atoms with Crippen LogP contribution in [-0.4, -0.2) is 41.7 Å². The van der Waals surface area contributed by atoms with Crippen LogP contribution in [0, 0.1) is 0 Å². The van der Waals surface area contributed by atoms with Crippen LogP contribution < -0.4 is 5.32 Å². The number of hydrogen-bond acceptors (Lipinski definition) is 5. The number of aromatic nitrogens is 2. The fourth-order valence-electron chi connectivity index (χ4n) is 2.39. The normalized spacial score (nSPS) is 19.2. The van der Waals surface area contributed by atoms with E-state index in [0.29, 0.717) is 12.3 Å². The lowest BCUT2D eigenvalue weighted by Crippen LogP contribution is -2.44. The fourth-order valence-corrected chi connectivity index (χ4v) is 2.60. The second-order valence-electron chi connectivity index (χ2n) is 5.05. The third-order valence-electron chi connectivity index (χ3n) is 3.54. The lowest BCUT2D eigenvalue weighted by Gasteiger charge is -2.30. The number of nitrogens with zero attached hydrogens (tertiary/aromatic N) is 3. The molecule has 1 unspecified atom stereocenters. The van der Waals surface area contributed by atoms with Crippen molar-refractivity contribution in [2.75, 3.05) is 26.7 Å². The van der Waals surface area contributed by atoms with Crippen LogP contribution in [0.5, 0.6) is 0 Å². The molecule has 7 heteroatoms. The van der Waals surface area contributed by atoms with Crippen molar-refractivity contribution in [1.29, 1.82) is 0 Å². The Hall–Kier alpha value is -1.14. The van der Waals surface area contributed by atoms with Crippen molar-refractivity contribution < 1.29 is 4.52 Å². The minimum atomic E-state index is 0. The number of likely N-dealkylation sites (N-methyl/N-ethyl adjacent to an activating group) is 1. The number of rotatable bonds is 3. The molecule has 1 N–H and O–H groups in total. The van der Waals surface area contributed by atoms with Gasteiger partial charge in [0, 0.05) is 24.7 Å². The van der Waals surface area contributed by atoms with Crippen LogP contribution in [0.4, 0.5) is 0 Å². The van der Waals surface area contributed by atoms with Crippen LogP contribution in [0.3, 0.4) is 0 Å². The van der Waals surface area contributed by atoms with Gasteiger partial charge in [-0.05, 0) is 24.7 Å². The predicted octanol–water partition coefficient (Wildman–Crippen LogP) is 2.31. The van der Waals surface area contributed by atoms with Crippen molar-refractivity contribution in [3.05, 3.63) is 46.6 Å². The SMILES string of the molecule is CN1CCNCC1c1noc(Cc2cccc(Cl)c2)n1.Cl. The zero-order valence-electron chi connectivity index (χ0n) is 11.8. The number of piperazine rings is 1. The summed E-state index contributed by atoms with van der Waals surface area (Å²) in [6.45, 7) is 2.84. The van der Waals surface area contributed by atoms with Gasteiger partial charge in [-0.25, -0.2) is 0 Å². The first-order chi connectivity index (χ1) is 9.72. The number of halogens is 2. The van der Waals surface area contributed by atoms with Crippen LogP contribution >= 0.6 is 24.0 Å². The van der Waals surface area contributed by atoms with Crippen molar-refractivity contribution in [1.82, 2.24) is 20.4 Å². The first kappa shape index (κ1) is 16.2. The molecule has 0 amide bonds. The Morgan fingerprint density at radius 2 is 2.33 bits per heavy atom. The van der Waals surface area contributed by atoms with Crippen LogP contribution in [-0.2, 0) is 6.42 Å². The minimum absolute atomic E-state index is 0. The second-order valence-corrected chi connectivity index (χ2v) is 5.49. The average molecular weight is 329 g/mol. The molecule has 2 aromatic rings. The summed E-state index contributed by atoms with van der Waals surface area (Å²) in [5, 5.41) is 8.18. The second kappa shape index (κ2) is 7.22. The van der Waals surface area contributed by atoms with E-state index in [1.807, 2.05) is 24.3 Å². The zero-order valence-corrected chi connectivity index (χ0v) is 13.3. The van der Waals surface area contributed by atoms with Gasteiger partial charge in [0.2, 0.25) is 5.89 Å². The van der Waals surface area contributed by atoms with E-state index in [1.165, 1.54) is 0 Å². The van der Waals surface area contributed by atoms with Crippen LogP contribution in [0.25, 0.3) is 0 Å². The standard InChI is InChI=1S/C14H17ClN4O.ClH/c1-19-6-5-16-9-12(19)14-17-13(20-18-14)8-10-3-2-4-11(15)7-10;/h2-4,7,12,16H,5-6,8-9H2,1H3;1H. The molecular weight excluding hydrogens is 311 g/mol. The highest BCUT2D eigenvalue weighted by Gasteiger charge is 2.25.